The number of benzene rings is 1. The molecule has 1 heterocycles. The standard InChI is InChI=1S/C12H12BrClN2O/c1-15-5-4-12-16-7-11(17-12)8-2-3-9(13)10(14)6-8/h2-3,6-7,15H,4-5H2,1H3. The van der Waals surface area contributed by atoms with E-state index in [0.717, 1.165) is 34.7 Å². The quantitative estimate of drug-likeness (QED) is 0.938. The minimum absolute atomic E-state index is 0.663. The molecule has 0 fully saturated rings. The lowest BCUT2D eigenvalue weighted by Crippen LogP contribution is -2.10. The molecule has 0 radical (unpaired) electrons. The molecule has 0 amide bonds. The lowest BCUT2D eigenvalue weighted by Gasteiger charge is -1.99. The van der Waals surface area contributed by atoms with Gasteiger partial charge in [0.15, 0.2) is 11.7 Å². The van der Waals surface area contributed by atoms with Crippen LogP contribution in [0.1, 0.15) is 5.89 Å². The summed E-state index contributed by atoms with van der Waals surface area (Å²) in [5.74, 6) is 1.47. The van der Waals surface area contributed by atoms with Gasteiger partial charge in [0.1, 0.15) is 0 Å². The molecule has 2 aromatic rings. The fourth-order valence-corrected chi connectivity index (χ4v) is 1.87. The second kappa shape index (κ2) is 5.67. The third-order valence-electron chi connectivity index (χ3n) is 2.35. The zero-order valence-corrected chi connectivity index (χ0v) is 11.7. The van der Waals surface area contributed by atoms with Crippen molar-refractivity contribution in [3.63, 3.8) is 0 Å². The second-order valence-corrected chi connectivity index (χ2v) is 4.86. The Morgan fingerprint density at radius 3 is 3.00 bits per heavy atom. The normalized spacial score (nSPS) is 10.8. The number of rotatable bonds is 4. The minimum Gasteiger partial charge on any atom is -0.441 e. The van der Waals surface area contributed by atoms with Crippen molar-refractivity contribution < 1.29 is 4.42 Å². The van der Waals surface area contributed by atoms with Crippen LogP contribution >= 0.6 is 27.5 Å². The fourth-order valence-electron chi connectivity index (χ4n) is 1.44. The molecule has 0 saturated carbocycles. The van der Waals surface area contributed by atoms with Gasteiger partial charge in [-0.25, -0.2) is 4.98 Å². The van der Waals surface area contributed by atoms with Crippen LogP contribution < -0.4 is 5.32 Å². The highest BCUT2D eigenvalue weighted by Crippen LogP contribution is 2.29. The van der Waals surface area contributed by atoms with Crippen molar-refractivity contribution in [1.82, 2.24) is 10.3 Å². The van der Waals surface area contributed by atoms with Crippen LogP contribution in [-0.2, 0) is 6.42 Å². The maximum atomic E-state index is 6.04. The van der Waals surface area contributed by atoms with Crippen molar-refractivity contribution in [2.45, 2.75) is 6.42 Å². The maximum absolute atomic E-state index is 6.04. The number of nitrogens with zero attached hydrogens (tertiary/aromatic N) is 1. The number of hydrogen-bond acceptors (Lipinski definition) is 3. The molecular weight excluding hydrogens is 304 g/mol. The van der Waals surface area contributed by atoms with Crippen molar-refractivity contribution in [2.24, 2.45) is 0 Å². The zero-order valence-electron chi connectivity index (χ0n) is 9.34. The van der Waals surface area contributed by atoms with E-state index >= 15 is 0 Å². The number of likely N-dealkylation sites (N-methyl/N-ethyl adjacent to an activating group) is 1. The summed E-state index contributed by atoms with van der Waals surface area (Å²) in [4.78, 5) is 4.22. The molecule has 1 aromatic heterocycles. The van der Waals surface area contributed by atoms with E-state index in [1.807, 2.05) is 25.2 Å². The SMILES string of the molecule is CNCCc1ncc(-c2ccc(Br)c(Cl)c2)o1. The van der Waals surface area contributed by atoms with Crippen LogP contribution in [0, 0.1) is 0 Å². The van der Waals surface area contributed by atoms with Gasteiger partial charge in [-0.3, -0.25) is 0 Å². The van der Waals surface area contributed by atoms with E-state index < -0.39 is 0 Å². The lowest BCUT2D eigenvalue weighted by atomic mass is 10.2. The minimum atomic E-state index is 0.663. The monoisotopic (exact) mass is 314 g/mol. The Kier molecular flexibility index (Phi) is 4.20. The average molecular weight is 316 g/mol. The Balaban J connectivity index is 2.21. The van der Waals surface area contributed by atoms with E-state index in [0.29, 0.717) is 5.02 Å². The van der Waals surface area contributed by atoms with E-state index in [4.69, 9.17) is 16.0 Å². The van der Waals surface area contributed by atoms with E-state index in [1.165, 1.54) is 0 Å². The lowest BCUT2D eigenvalue weighted by molar-refractivity contribution is 0.501. The highest BCUT2D eigenvalue weighted by atomic mass is 79.9. The summed E-state index contributed by atoms with van der Waals surface area (Å²) < 4.78 is 6.51. The van der Waals surface area contributed by atoms with Crippen LogP contribution in [-0.4, -0.2) is 18.6 Å². The Morgan fingerprint density at radius 2 is 2.29 bits per heavy atom. The first kappa shape index (κ1) is 12.6. The van der Waals surface area contributed by atoms with Crippen molar-refractivity contribution in [3.8, 4) is 11.3 Å². The molecule has 1 aromatic carbocycles. The van der Waals surface area contributed by atoms with E-state index in [-0.39, 0.29) is 0 Å². The second-order valence-electron chi connectivity index (χ2n) is 3.60. The Morgan fingerprint density at radius 1 is 1.47 bits per heavy atom. The highest BCUT2D eigenvalue weighted by Gasteiger charge is 2.07. The van der Waals surface area contributed by atoms with Crippen molar-refractivity contribution in [2.75, 3.05) is 13.6 Å². The van der Waals surface area contributed by atoms with Gasteiger partial charge in [0.25, 0.3) is 0 Å². The van der Waals surface area contributed by atoms with Crippen LogP contribution in [0.4, 0.5) is 0 Å². The predicted molar refractivity (Wildman–Crippen MR) is 72.3 cm³/mol. The molecule has 0 unspecified atom stereocenters. The number of halogens is 2. The molecule has 0 aliphatic rings. The third kappa shape index (κ3) is 3.09. The largest absolute Gasteiger partial charge is 0.441 e. The average Bonchev–Trinajstić information content (AvgIpc) is 2.79. The highest BCUT2D eigenvalue weighted by molar-refractivity contribution is 9.10. The van der Waals surface area contributed by atoms with Gasteiger partial charge in [0, 0.05) is 23.0 Å². The van der Waals surface area contributed by atoms with Gasteiger partial charge in [-0.1, -0.05) is 11.6 Å². The Hall–Kier alpha value is -0.840. The summed E-state index contributed by atoms with van der Waals surface area (Å²) in [6.45, 7) is 0.848. The van der Waals surface area contributed by atoms with E-state index in [9.17, 15) is 0 Å². The first-order chi connectivity index (χ1) is 8.20. The smallest absolute Gasteiger partial charge is 0.196 e. The van der Waals surface area contributed by atoms with E-state index in [2.05, 4.69) is 26.2 Å². The van der Waals surface area contributed by atoms with Gasteiger partial charge in [-0.15, -0.1) is 0 Å². The molecule has 0 atom stereocenters. The molecule has 90 valence electrons. The van der Waals surface area contributed by atoms with Crippen LogP contribution in [0.25, 0.3) is 11.3 Å². The molecule has 5 heteroatoms. The maximum Gasteiger partial charge on any atom is 0.196 e. The number of oxazole rings is 1. The summed E-state index contributed by atoms with van der Waals surface area (Å²) in [7, 11) is 1.90. The third-order valence-corrected chi connectivity index (χ3v) is 3.58. The van der Waals surface area contributed by atoms with Crippen LogP contribution in [0.5, 0.6) is 0 Å². The van der Waals surface area contributed by atoms with Crippen molar-refractivity contribution in [1.29, 1.82) is 0 Å². The fraction of sp³-hybridized carbons (Fsp3) is 0.250. The molecule has 0 aliphatic carbocycles. The Labute approximate surface area is 113 Å². The van der Waals surface area contributed by atoms with Crippen molar-refractivity contribution in [3.05, 3.63) is 39.8 Å². The summed E-state index contributed by atoms with van der Waals surface area (Å²) in [5, 5.41) is 3.72. The van der Waals surface area contributed by atoms with Gasteiger partial charge in [-0.2, -0.15) is 0 Å². The summed E-state index contributed by atoms with van der Waals surface area (Å²) in [6, 6.07) is 5.69. The van der Waals surface area contributed by atoms with Gasteiger partial charge in [0.2, 0.25) is 0 Å². The molecule has 0 bridgehead atoms. The summed E-state index contributed by atoms with van der Waals surface area (Å²) >= 11 is 9.39. The molecule has 0 spiro atoms. The zero-order chi connectivity index (χ0) is 12.3. The Bertz CT molecular complexity index is 513. The molecular formula is C12H12BrClN2O. The predicted octanol–water partition coefficient (Wildman–Crippen LogP) is 3.52. The molecule has 0 aliphatic heterocycles. The number of hydrogen-bond donors (Lipinski definition) is 1. The molecule has 17 heavy (non-hydrogen) atoms. The van der Waals surface area contributed by atoms with Crippen LogP contribution in [0.3, 0.4) is 0 Å². The van der Waals surface area contributed by atoms with Gasteiger partial charge in [-0.05, 0) is 41.2 Å². The molecule has 2 rings (SSSR count). The van der Waals surface area contributed by atoms with Gasteiger partial charge < -0.3 is 9.73 Å². The number of aromatic nitrogens is 1. The first-order valence-electron chi connectivity index (χ1n) is 5.25. The molecule has 0 saturated heterocycles. The summed E-state index contributed by atoms with van der Waals surface area (Å²) in [5.41, 5.74) is 0.932. The summed E-state index contributed by atoms with van der Waals surface area (Å²) in [6.07, 6.45) is 2.51. The van der Waals surface area contributed by atoms with Crippen LogP contribution in [0.2, 0.25) is 5.02 Å². The molecule has 3 nitrogen and oxygen atoms in total. The topological polar surface area (TPSA) is 38.1 Å². The van der Waals surface area contributed by atoms with Crippen LogP contribution in [0.15, 0.2) is 33.3 Å². The molecule has 1 N–H and O–H groups in total. The van der Waals surface area contributed by atoms with Gasteiger partial charge >= 0.3 is 0 Å². The number of nitrogens with one attached hydrogen (secondary N) is 1. The van der Waals surface area contributed by atoms with E-state index in [1.54, 1.807) is 6.20 Å². The first-order valence-corrected chi connectivity index (χ1v) is 6.42. The van der Waals surface area contributed by atoms with Gasteiger partial charge in [0.05, 0.1) is 11.2 Å². The van der Waals surface area contributed by atoms with Crippen molar-refractivity contribution >= 4 is 27.5 Å².